The zero-order chi connectivity index (χ0) is 77.7. The summed E-state index contributed by atoms with van der Waals surface area (Å²) in [4.78, 5) is 15.6. The zero-order valence-electron chi connectivity index (χ0n) is 69.3. The summed E-state index contributed by atoms with van der Waals surface area (Å²) in [5, 5.41) is 18.1. The van der Waals surface area contributed by atoms with Crippen molar-refractivity contribution in [2.75, 3.05) is 6.61 Å². The Kier molecular flexibility index (Phi) is 36.3. The van der Waals surface area contributed by atoms with Gasteiger partial charge in [0.25, 0.3) is 0 Å². The van der Waals surface area contributed by atoms with Crippen LogP contribution in [0.4, 0.5) is 0 Å². The predicted octanol–water partition coefficient (Wildman–Crippen LogP) is 17.1. The number of carboxylic acid groups (broad SMARTS) is 1. The third kappa shape index (κ3) is 47.1. The van der Waals surface area contributed by atoms with Crippen molar-refractivity contribution in [3.8, 4) is 0 Å². The molecule has 97 heavy (non-hydrogen) atoms. The molecule has 0 radical (unpaired) electrons. The minimum Gasteiger partial charge on any atom is -0.481 e. The van der Waals surface area contributed by atoms with E-state index in [1.807, 2.05) is 249 Å². The number of hydrogen-bond donors (Lipinski definition) is 2. The van der Waals surface area contributed by atoms with Gasteiger partial charge in [-0.3, -0.25) is 10.1 Å². The third-order valence-electron chi connectivity index (χ3n) is 12.3. The number of aliphatic carboxylic acids is 1. The predicted molar refractivity (Wildman–Crippen MR) is 442 cm³/mol. The molecule has 0 aromatic carbocycles. The lowest BCUT2D eigenvalue weighted by molar-refractivity contribution is -0.241. The molecule has 0 spiro atoms. The van der Waals surface area contributed by atoms with Gasteiger partial charge in [0.05, 0.1) is 6.61 Å². The number of carboxylic acids is 1. The van der Waals surface area contributed by atoms with Crippen molar-refractivity contribution in [1.29, 1.82) is 0 Å². The van der Waals surface area contributed by atoms with Crippen molar-refractivity contribution in [1.82, 2.24) is 0 Å². The van der Waals surface area contributed by atoms with Crippen LogP contribution in [0.15, 0.2) is 0 Å². The molecule has 0 saturated heterocycles. The fourth-order valence-corrected chi connectivity index (χ4v) is 128. The second-order valence-electron chi connectivity index (χ2n) is 35.5. The van der Waals surface area contributed by atoms with Crippen LogP contribution in [0.3, 0.4) is 0 Å². The maximum Gasteiger partial charge on any atom is 0.314 e. The van der Waals surface area contributed by atoms with E-state index in [4.69, 9.17) is 91.7 Å². The molecule has 0 aliphatic carbocycles. The molecule has 0 rings (SSSR count). The lowest BCUT2D eigenvalue weighted by atomic mass is 10.5. The van der Waals surface area contributed by atoms with Gasteiger partial charge in [-0.25, -0.2) is 4.89 Å². The van der Waals surface area contributed by atoms with Gasteiger partial charge in [-0.15, -0.1) is 0 Å². The third-order valence-corrected chi connectivity index (χ3v) is 98.4. The molecule has 0 aromatic heterocycles. The second kappa shape index (κ2) is 35.1. The molecule has 2 N–H and O–H groups in total. The Labute approximate surface area is 614 Å². The standard InChI is InChI=1S/C50H144O25Si22/c1-76(2,48-45-47-54-53)55-78(5,6)57-80(9,10)59-82(13,14)61-84(17,18)63-86(21,22)65-88(25,26)67-90(29,30)69-92(33,34)71-94(37,38)73-96(41,42)75-97(43,44)74-95(39,40)72-93(35,36)70-91(31,32)68-89(27,28)66-87(23,24)64-85(19,20)62-83(15,16)60-81(11,12)58-79(7,8)56-77(3,4)49-46-50(51)52/h53H,45-49H2,1-44H3,(H,51,52). The van der Waals surface area contributed by atoms with Crippen LogP contribution in [0, 0.1) is 0 Å². The highest BCUT2D eigenvalue weighted by atomic mass is 28.6. The van der Waals surface area contributed by atoms with Gasteiger partial charge < -0.3 is 91.5 Å². The van der Waals surface area contributed by atoms with Gasteiger partial charge >= 0.3 is 177 Å². The van der Waals surface area contributed by atoms with E-state index in [0.29, 0.717) is 6.04 Å². The second-order valence-corrected chi connectivity index (χ2v) is 117. The van der Waals surface area contributed by atoms with E-state index < -0.39 is 194 Å². The SMILES string of the molecule is C[Si](C)(CCCOO)O[Si](C)(C)O[Si](C)(C)O[Si](C)(C)O[Si](C)(C)O[Si](C)(C)O[Si](C)(C)O[Si](C)(C)O[Si](C)(C)O[Si](C)(C)O[Si](C)(C)O[Si](C)(C)O[Si](C)(C)O[Si](C)(C)O[Si](C)(C)O[Si](C)(C)O[Si](C)(C)O[Si](C)(C)O[Si](C)(C)O[Si](C)(C)O[Si](C)(C)O[Si](C)(C)CCC(=O)O. The molecule has 0 unspecified atom stereocenters. The molecule has 0 heterocycles. The molecule has 0 aromatic rings. The summed E-state index contributed by atoms with van der Waals surface area (Å²) in [5.74, 6) is -0.825. The Morgan fingerprint density at radius 1 is 0.206 bits per heavy atom. The smallest absolute Gasteiger partial charge is 0.314 e. The Morgan fingerprint density at radius 3 is 0.433 bits per heavy atom. The van der Waals surface area contributed by atoms with Crippen molar-refractivity contribution < 1.29 is 106 Å². The molecule has 47 heteroatoms. The van der Waals surface area contributed by atoms with Crippen LogP contribution in [0.5, 0.6) is 0 Å². The van der Waals surface area contributed by atoms with Crippen molar-refractivity contribution in [3.63, 3.8) is 0 Å². The minimum atomic E-state index is -2.91. The van der Waals surface area contributed by atoms with E-state index in [1.54, 1.807) is 0 Å². The zero-order valence-corrected chi connectivity index (χ0v) is 91.3. The molecule has 0 saturated carbocycles. The first-order valence-corrected chi connectivity index (χ1v) is 96.6. The monoisotopic (exact) mass is 1760 g/mol. The Balaban J connectivity index is 5.86. The van der Waals surface area contributed by atoms with Gasteiger partial charge in [-0.05, 0) is 307 Å². The van der Waals surface area contributed by atoms with Crippen LogP contribution >= 0.6 is 0 Å². The molecule has 25 nitrogen and oxygen atoms in total. The van der Waals surface area contributed by atoms with E-state index in [1.165, 1.54) is 0 Å². The van der Waals surface area contributed by atoms with E-state index in [9.17, 15) is 9.90 Å². The number of rotatable bonds is 49. The van der Waals surface area contributed by atoms with Crippen molar-refractivity contribution >= 4 is 194 Å². The Bertz CT molecular complexity index is 2480. The maximum absolute atomic E-state index is 11.3. The van der Waals surface area contributed by atoms with Crippen molar-refractivity contribution in [3.05, 3.63) is 0 Å². The maximum atomic E-state index is 11.3. The Hall–Kier alpha value is 3.32. The summed E-state index contributed by atoms with van der Waals surface area (Å²) < 4.78 is 144. The van der Waals surface area contributed by atoms with Crippen LogP contribution in [-0.2, 0) is 96.1 Å². The first kappa shape index (κ1) is 100. The summed E-state index contributed by atoms with van der Waals surface area (Å²) in [5.41, 5.74) is 0. The first-order chi connectivity index (χ1) is 41.8. The highest BCUT2D eigenvalue weighted by molar-refractivity contribution is 6.97. The fourth-order valence-electron chi connectivity index (χ4n) is 14.1. The summed E-state index contributed by atoms with van der Waals surface area (Å²) in [6.45, 7) is 90.2. The molecule has 582 valence electrons. The summed E-state index contributed by atoms with van der Waals surface area (Å²) in [7, 11) is -61.2. The lowest BCUT2D eigenvalue weighted by Gasteiger charge is -2.45. The van der Waals surface area contributed by atoms with Crippen LogP contribution < -0.4 is 0 Å². The number of carbonyl (C=O) groups is 1. The van der Waals surface area contributed by atoms with E-state index in [-0.39, 0.29) is 13.0 Å². The molecule has 0 amide bonds. The quantitative estimate of drug-likeness (QED) is 0.0248. The van der Waals surface area contributed by atoms with E-state index >= 15 is 0 Å². The average Bonchev–Trinajstić information content (AvgIpc) is 0.814. The van der Waals surface area contributed by atoms with Crippen LogP contribution in [0.1, 0.15) is 12.8 Å². The normalized spacial score (nSPS) is 15.8. The summed E-state index contributed by atoms with van der Waals surface area (Å²) >= 11 is 0. The molecular formula is C50H144O25Si22. The molecule has 0 bridgehead atoms. The Morgan fingerprint density at radius 2 is 0.320 bits per heavy atom. The van der Waals surface area contributed by atoms with Crippen LogP contribution in [-0.4, -0.2) is 211 Å². The van der Waals surface area contributed by atoms with E-state index in [0.717, 1.165) is 12.5 Å². The van der Waals surface area contributed by atoms with Crippen molar-refractivity contribution in [2.24, 2.45) is 0 Å². The molecule has 0 aliphatic rings. The van der Waals surface area contributed by atoms with E-state index in [2.05, 4.69) is 44.2 Å². The van der Waals surface area contributed by atoms with Gasteiger partial charge in [0.2, 0.25) is 0 Å². The minimum absolute atomic E-state index is 0.0732. The first-order valence-electron chi connectivity index (χ1n) is 34.0. The topological polar surface area (TPSA) is 261 Å². The highest BCUT2D eigenvalue weighted by Crippen LogP contribution is 2.36. The van der Waals surface area contributed by atoms with Gasteiger partial charge in [0.15, 0.2) is 16.6 Å². The van der Waals surface area contributed by atoms with Crippen LogP contribution in [0.25, 0.3) is 0 Å². The highest BCUT2D eigenvalue weighted by Gasteiger charge is 2.55. The molecule has 0 atom stereocenters. The molecular weight excluding hydrogens is 1620 g/mol. The molecule has 0 fully saturated rings. The lowest BCUT2D eigenvalue weighted by Crippen LogP contribution is -2.63. The average molecular weight is 1760 g/mol. The summed E-state index contributed by atoms with van der Waals surface area (Å²) in [6.07, 6.45) is 0.794. The van der Waals surface area contributed by atoms with Crippen molar-refractivity contribution in [2.45, 2.75) is 313 Å². The van der Waals surface area contributed by atoms with Gasteiger partial charge in [0.1, 0.15) is 0 Å². The van der Waals surface area contributed by atoms with Gasteiger partial charge in [0, 0.05) is 6.42 Å². The van der Waals surface area contributed by atoms with Crippen LogP contribution in [0.2, 0.25) is 300 Å². The van der Waals surface area contributed by atoms with Gasteiger partial charge in [-0.1, -0.05) is 0 Å². The van der Waals surface area contributed by atoms with Gasteiger partial charge in [-0.2, -0.15) is 0 Å². The summed E-state index contributed by atoms with van der Waals surface area (Å²) in [6, 6.07) is 1.35. The fraction of sp³-hybridized carbons (Fsp3) is 0.980. The molecule has 0 aliphatic heterocycles. The number of hydrogen-bond acceptors (Lipinski definition) is 24. The largest absolute Gasteiger partial charge is 0.481 e.